The van der Waals surface area contributed by atoms with E-state index in [0.29, 0.717) is 0 Å². The Hall–Kier alpha value is 0.310. The van der Waals surface area contributed by atoms with Crippen LogP contribution in [0.4, 0.5) is 26.3 Å². The van der Waals surface area contributed by atoms with Gasteiger partial charge < -0.3 is 0 Å². The summed E-state index contributed by atoms with van der Waals surface area (Å²) in [6, 6.07) is -1.02. The normalized spacial score (nSPS) is 40.9. The fourth-order valence-corrected chi connectivity index (χ4v) is 4.37. The van der Waals surface area contributed by atoms with Crippen molar-refractivity contribution in [3.8, 4) is 0 Å². The SMILES string of the molecule is FC(F)(F)C1(C(F)(F)F)N[C@@H]2[C@@H](Br)[C@@H]1C[C@@H]2Cl. The molecule has 0 unspecified atom stereocenters. The van der Waals surface area contributed by atoms with Gasteiger partial charge in [-0.1, -0.05) is 15.9 Å². The highest BCUT2D eigenvalue weighted by atomic mass is 79.9. The van der Waals surface area contributed by atoms with Crippen LogP contribution in [0.2, 0.25) is 0 Å². The number of hydrogen-bond donors (Lipinski definition) is 1. The molecule has 1 aliphatic heterocycles. The summed E-state index contributed by atoms with van der Waals surface area (Å²) in [4.78, 5) is -0.923. The quantitative estimate of drug-likeness (QED) is 0.525. The van der Waals surface area contributed by atoms with Crippen molar-refractivity contribution in [2.24, 2.45) is 5.92 Å². The molecule has 0 radical (unpaired) electrons. The summed E-state index contributed by atoms with van der Waals surface area (Å²) in [6.45, 7) is 0. The molecule has 2 aliphatic rings. The second-order valence-corrected chi connectivity index (χ2v) is 5.89. The highest BCUT2D eigenvalue weighted by molar-refractivity contribution is 9.09. The molecule has 9 heteroatoms. The second-order valence-electron chi connectivity index (χ2n) is 4.28. The first kappa shape index (κ1) is 13.7. The van der Waals surface area contributed by atoms with E-state index in [4.69, 9.17) is 11.6 Å². The molecule has 1 saturated heterocycles. The molecule has 1 heterocycles. The van der Waals surface area contributed by atoms with Crippen molar-refractivity contribution in [2.75, 3.05) is 0 Å². The van der Waals surface area contributed by atoms with Gasteiger partial charge in [0.15, 0.2) is 0 Å². The lowest BCUT2D eigenvalue weighted by Crippen LogP contribution is -2.70. The van der Waals surface area contributed by atoms with Crippen LogP contribution in [0.5, 0.6) is 0 Å². The number of halogens is 8. The molecular formula is C8H7BrClF6N. The van der Waals surface area contributed by atoms with E-state index in [1.54, 1.807) is 5.32 Å². The summed E-state index contributed by atoms with van der Waals surface area (Å²) >= 11 is 8.59. The van der Waals surface area contributed by atoms with Crippen molar-refractivity contribution in [3.05, 3.63) is 0 Å². The third-order valence-electron chi connectivity index (χ3n) is 3.44. The first-order chi connectivity index (χ1) is 7.52. The lowest BCUT2D eigenvalue weighted by molar-refractivity contribution is -0.318. The Labute approximate surface area is 106 Å². The van der Waals surface area contributed by atoms with Crippen LogP contribution in [0.3, 0.4) is 0 Å². The predicted molar refractivity (Wildman–Crippen MR) is 52.2 cm³/mol. The van der Waals surface area contributed by atoms with Gasteiger partial charge in [-0.15, -0.1) is 11.6 Å². The molecule has 4 atom stereocenters. The zero-order chi connectivity index (χ0) is 13.2. The van der Waals surface area contributed by atoms with Crippen LogP contribution in [0.25, 0.3) is 0 Å². The maximum Gasteiger partial charge on any atom is 0.415 e. The largest absolute Gasteiger partial charge is 0.415 e. The molecule has 17 heavy (non-hydrogen) atoms. The van der Waals surface area contributed by atoms with Gasteiger partial charge in [0.2, 0.25) is 5.54 Å². The van der Waals surface area contributed by atoms with Gasteiger partial charge >= 0.3 is 12.4 Å². The van der Waals surface area contributed by atoms with Gasteiger partial charge in [-0.2, -0.15) is 26.3 Å². The van der Waals surface area contributed by atoms with Gasteiger partial charge in [0.05, 0.1) is 5.38 Å². The van der Waals surface area contributed by atoms with E-state index in [0.717, 1.165) is 0 Å². The zero-order valence-corrected chi connectivity index (χ0v) is 10.4. The van der Waals surface area contributed by atoms with E-state index in [-0.39, 0.29) is 6.42 Å². The zero-order valence-electron chi connectivity index (χ0n) is 8.04. The van der Waals surface area contributed by atoms with Gasteiger partial charge in [0, 0.05) is 16.8 Å². The molecule has 1 saturated carbocycles. The molecule has 100 valence electrons. The Bertz CT molecular complexity index is 315. The van der Waals surface area contributed by atoms with Crippen molar-refractivity contribution >= 4 is 27.5 Å². The van der Waals surface area contributed by atoms with Crippen LogP contribution >= 0.6 is 27.5 Å². The molecule has 0 spiro atoms. The average molecular weight is 346 g/mol. The van der Waals surface area contributed by atoms with Crippen LogP contribution in [-0.4, -0.2) is 34.1 Å². The van der Waals surface area contributed by atoms with E-state index in [1.807, 2.05) is 0 Å². The Morgan fingerprint density at radius 3 is 1.82 bits per heavy atom. The molecule has 0 aromatic rings. The summed E-state index contributed by atoms with van der Waals surface area (Å²) in [5, 5.41) is 0.934. The molecule has 1 N–H and O–H groups in total. The molecule has 2 bridgehead atoms. The maximum absolute atomic E-state index is 12.8. The number of fused-ring (bicyclic) bond motifs is 2. The van der Waals surface area contributed by atoms with E-state index in [9.17, 15) is 26.3 Å². The minimum atomic E-state index is -5.40. The van der Waals surface area contributed by atoms with Gasteiger partial charge in [-0.25, -0.2) is 0 Å². The third-order valence-corrected chi connectivity index (χ3v) is 5.10. The minimum Gasteiger partial charge on any atom is -0.290 e. The standard InChI is InChI=1S/C8H7BrClF6N/c9-4-2-1-3(10)5(4)17-6(2,7(11,12)13)8(14,15)16/h2-5,17H,1H2/t2-,3-,4-,5-/m0/s1. The van der Waals surface area contributed by atoms with E-state index < -0.39 is 40.1 Å². The first-order valence-corrected chi connectivity index (χ1v) is 6.07. The Morgan fingerprint density at radius 1 is 1.12 bits per heavy atom. The van der Waals surface area contributed by atoms with E-state index >= 15 is 0 Å². The van der Waals surface area contributed by atoms with Crippen molar-refractivity contribution in [3.63, 3.8) is 0 Å². The van der Waals surface area contributed by atoms with Crippen molar-refractivity contribution in [1.82, 2.24) is 5.32 Å². The topological polar surface area (TPSA) is 12.0 Å². The smallest absolute Gasteiger partial charge is 0.290 e. The third kappa shape index (κ3) is 1.63. The summed E-state index contributed by atoms with van der Waals surface area (Å²) in [7, 11) is 0. The summed E-state index contributed by atoms with van der Waals surface area (Å²) in [5.74, 6) is -1.63. The number of alkyl halides is 8. The molecule has 0 aromatic carbocycles. The lowest BCUT2D eigenvalue weighted by atomic mass is 9.82. The molecule has 1 aliphatic carbocycles. The van der Waals surface area contributed by atoms with Gasteiger partial charge in [-0.3, -0.25) is 5.32 Å². The highest BCUT2D eigenvalue weighted by Crippen LogP contribution is 2.59. The molecular weight excluding hydrogens is 339 g/mol. The number of piperidine rings is 1. The molecule has 2 fully saturated rings. The average Bonchev–Trinajstić information content (AvgIpc) is 2.53. The fourth-order valence-electron chi connectivity index (χ4n) is 2.67. The van der Waals surface area contributed by atoms with Crippen molar-refractivity contribution < 1.29 is 26.3 Å². The van der Waals surface area contributed by atoms with Gasteiger partial charge in [0.25, 0.3) is 0 Å². The van der Waals surface area contributed by atoms with E-state index in [1.165, 1.54) is 0 Å². The maximum atomic E-state index is 12.8. The summed E-state index contributed by atoms with van der Waals surface area (Å²) < 4.78 is 76.9. The van der Waals surface area contributed by atoms with Crippen LogP contribution in [0, 0.1) is 5.92 Å². The highest BCUT2D eigenvalue weighted by Gasteiger charge is 2.81. The minimum absolute atomic E-state index is 0.311. The summed E-state index contributed by atoms with van der Waals surface area (Å²) in [5.41, 5.74) is -3.84. The fraction of sp³-hybridized carbons (Fsp3) is 1.00. The number of nitrogens with one attached hydrogen (secondary N) is 1. The Kier molecular flexibility index (Phi) is 2.96. The monoisotopic (exact) mass is 345 g/mol. The number of hydrogen-bond acceptors (Lipinski definition) is 1. The molecule has 0 aromatic heterocycles. The van der Waals surface area contributed by atoms with Crippen molar-refractivity contribution in [1.29, 1.82) is 0 Å². The second kappa shape index (κ2) is 3.66. The predicted octanol–water partition coefficient (Wildman–Crippen LogP) is 3.21. The van der Waals surface area contributed by atoms with Crippen LogP contribution < -0.4 is 5.32 Å². The summed E-state index contributed by atoms with van der Waals surface area (Å²) in [6.07, 6.45) is -11.1. The first-order valence-electron chi connectivity index (χ1n) is 4.71. The Balaban J connectivity index is 2.48. The Morgan fingerprint density at radius 2 is 1.59 bits per heavy atom. The molecule has 1 nitrogen and oxygen atoms in total. The van der Waals surface area contributed by atoms with Gasteiger partial charge in [0.1, 0.15) is 0 Å². The van der Waals surface area contributed by atoms with Crippen LogP contribution in [0.1, 0.15) is 6.42 Å². The number of rotatable bonds is 0. The van der Waals surface area contributed by atoms with Gasteiger partial charge in [-0.05, 0) is 6.42 Å². The van der Waals surface area contributed by atoms with Crippen molar-refractivity contribution in [2.45, 2.75) is 40.6 Å². The van der Waals surface area contributed by atoms with E-state index in [2.05, 4.69) is 15.9 Å². The molecule has 0 amide bonds. The van der Waals surface area contributed by atoms with Crippen LogP contribution in [-0.2, 0) is 0 Å². The molecule has 2 rings (SSSR count). The lowest BCUT2D eigenvalue weighted by Gasteiger charge is -2.41. The van der Waals surface area contributed by atoms with Crippen LogP contribution in [0.15, 0.2) is 0 Å².